The Hall–Kier alpha value is -2.18. The second kappa shape index (κ2) is 44.3. The van der Waals surface area contributed by atoms with E-state index in [1.807, 2.05) is 40.6 Å². The Balaban J connectivity index is -0.00000128. The van der Waals surface area contributed by atoms with Crippen LogP contribution in [0.25, 0.3) is 0 Å². The third-order valence-corrected chi connectivity index (χ3v) is 14.4. The number of allylic oxidation sites excluding steroid dienone is 6. The minimum Gasteiger partial charge on any atom is -0.481 e. The molecule has 1 saturated carbocycles. The first-order chi connectivity index (χ1) is 31.0. The molecule has 0 aromatic carbocycles. The van der Waals surface area contributed by atoms with Crippen LogP contribution in [0, 0.1) is 29.6 Å². The molecule has 8 heteroatoms. The standard InChI is InChI=1S/C35H63O4P.C19H34O2.C2H6.CH2O/c1-8-19-29(3)20-13-11-10-12-14-21-30(4)33(39-7)23-16-15-22-31(5)35(38,26-9-2)32(6)25-28-40-27-18-17-24-34(36)37;1-14-8-7-10-18(12-14)9-5-6-11-19(21)16(3)13-15(2)17(4)20;2*1-2/h10-12,14,21,29,31,33,38,40H,6,8-9,13,15-20,22-28H2,1-5,7H3,(H,36,37);13-14,16-18,20H,5-12H2,1-4H3;1-2H3;1H2/b11-10+,14-12+,30-21+;15-13+;;/t29?,31?,33-,35?;14?,16-,17?,18?;;/m01../s1. The van der Waals surface area contributed by atoms with E-state index in [9.17, 15) is 19.8 Å². The summed E-state index contributed by atoms with van der Waals surface area (Å²) in [4.78, 5) is 30.7. The first-order valence-corrected chi connectivity index (χ1v) is 27.5. The molecule has 0 aromatic rings. The number of ether oxygens (including phenoxy) is 1. The maximum atomic E-state index is 12.1. The van der Waals surface area contributed by atoms with Crippen LogP contribution < -0.4 is 0 Å². The highest BCUT2D eigenvalue weighted by molar-refractivity contribution is 7.37. The highest BCUT2D eigenvalue weighted by Gasteiger charge is 2.35. The third-order valence-electron chi connectivity index (χ3n) is 13.1. The molecule has 7 nitrogen and oxygen atoms in total. The predicted molar refractivity (Wildman–Crippen MR) is 285 cm³/mol. The van der Waals surface area contributed by atoms with Gasteiger partial charge in [-0.25, -0.2) is 0 Å². The Morgan fingerprint density at radius 3 is 2.09 bits per heavy atom. The van der Waals surface area contributed by atoms with E-state index in [-0.39, 0.29) is 24.4 Å². The molecule has 0 spiro atoms. The van der Waals surface area contributed by atoms with Crippen LogP contribution in [0.3, 0.4) is 0 Å². The van der Waals surface area contributed by atoms with Gasteiger partial charge in [0, 0.05) is 25.9 Å². The summed E-state index contributed by atoms with van der Waals surface area (Å²) < 4.78 is 5.79. The molecule has 1 aliphatic rings. The van der Waals surface area contributed by atoms with Gasteiger partial charge in [-0.2, -0.15) is 0 Å². The number of carbonyl (C=O) groups is 3. The van der Waals surface area contributed by atoms with Gasteiger partial charge in [0.15, 0.2) is 0 Å². The Kier molecular flexibility index (Phi) is 45.8. The zero-order valence-electron chi connectivity index (χ0n) is 44.4. The molecule has 1 aliphatic carbocycles. The lowest BCUT2D eigenvalue weighted by molar-refractivity contribution is -0.137. The van der Waals surface area contributed by atoms with Crippen molar-refractivity contribution in [1.29, 1.82) is 0 Å². The van der Waals surface area contributed by atoms with Crippen LogP contribution in [0.15, 0.2) is 59.8 Å². The molecule has 0 bridgehead atoms. The number of Topliss-reactive ketones (excluding diaryl/α,β-unsaturated/α-hetero) is 1. The molecule has 7 unspecified atom stereocenters. The van der Waals surface area contributed by atoms with Gasteiger partial charge in [0.1, 0.15) is 12.6 Å². The van der Waals surface area contributed by atoms with Crippen LogP contribution in [-0.4, -0.2) is 71.1 Å². The number of methoxy groups -OCH3 is 1. The number of aliphatic hydroxyl groups is 2. The minimum absolute atomic E-state index is 0.0608. The smallest absolute Gasteiger partial charge is 0.303 e. The number of carbonyl (C=O) groups excluding carboxylic acids is 2. The number of carboxylic acid groups (broad SMARTS) is 1. The summed E-state index contributed by atoms with van der Waals surface area (Å²) >= 11 is 0. The Morgan fingerprint density at radius 2 is 1.49 bits per heavy atom. The number of aliphatic carboxylic acids is 1. The van der Waals surface area contributed by atoms with E-state index in [2.05, 4.69) is 78.5 Å². The van der Waals surface area contributed by atoms with E-state index in [0.717, 1.165) is 120 Å². The van der Waals surface area contributed by atoms with E-state index in [4.69, 9.17) is 14.6 Å². The second-order valence-electron chi connectivity index (χ2n) is 19.0. The first-order valence-electron chi connectivity index (χ1n) is 26.1. The summed E-state index contributed by atoms with van der Waals surface area (Å²) in [6.45, 7) is 29.3. The highest BCUT2D eigenvalue weighted by Crippen LogP contribution is 2.36. The van der Waals surface area contributed by atoms with E-state index >= 15 is 0 Å². The van der Waals surface area contributed by atoms with Gasteiger partial charge in [0.2, 0.25) is 0 Å². The number of unbranched alkanes of at least 4 members (excludes halogenated alkanes) is 3. The molecule has 0 aliphatic heterocycles. The Bertz CT molecular complexity index is 1300. The van der Waals surface area contributed by atoms with E-state index in [0.29, 0.717) is 12.2 Å². The summed E-state index contributed by atoms with van der Waals surface area (Å²) in [5.74, 6) is 2.33. The molecule has 9 atom stereocenters. The fourth-order valence-corrected chi connectivity index (χ4v) is 10.0. The lowest BCUT2D eigenvalue weighted by atomic mass is 9.76. The van der Waals surface area contributed by atoms with Crippen molar-refractivity contribution < 1.29 is 34.4 Å². The molecule has 3 N–H and O–H groups in total. The number of aliphatic hydroxyl groups excluding tert-OH is 1. The van der Waals surface area contributed by atoms with Crippen molar-refractivity contribution in [1.82, 2.24) is 0 Å². The van der Waals surface area contributed by atoms with Gasteiger partial charge in [-0.15, -0.1) is 8.58 Å². The van der Waals surface area contributed by atoms with Crippen molar-refractivity contribution in [2.45, 2.75) is 235 Å². The SMILES string of the molecule is C/C(=C\[C@@H](C)C(=O)CCCCC1CCCC(C)C1)C(C)O.C=C(CCPCCCCC(=O)O)C(O)(CCC)C(C)CCCC[C@H](OC)/C(C)=C/C=C/C=C/CCC(C)CCC.C=O.CC. The van der Waals surface area contributed by atoms with Crippen molar-refractivity contribution in [3.05, 3.63) is 59.8 Å². The van der Waals surface area contributed by atoms with E-state index < -0.39 is 17.7 Å². The summed E-state index contributed by atoms with van der Waals surface area (Å²) in [7, 11) is 2.60. The highest BCUT2D eigenvalue weighted by atomic mass is 31.1. The van der Waals surface area contributed by atoms with Crippen molar-refractivity contribution in [3.8, 4) is 0 Å². The second-order valence-corrected chi connectivity index (χ2v) is 20.5. The number of ketones is 1. The Labute approximate surface area is 404 Å². The van der Waals surface area contributed by atoms with Crippen molar-refractivity contribution >= 4 is 27.1 Å². The van der Waals surface area contributed by atoms with Crippen LogP contribution in [0.4, 0.5) is 0 Å². The van der Waals surface area contributed by atoms with Gasteiger partial charge in [-0.3, -0.25) is 9.59 Å². The van der Waals surface area contributed by atoms with Crippen molar-refractivity contribution in [3.63, 3.8) is 0 Å². The zero-order valence-corrected chi connectivity index (χ0v) is 45.4. The summed E-state index contributed by atoms with van der Waals surface area (Å²) in [6, 6.07) is 0. The average Bonchev–Trinajstić information content (AvgIpc) is 3.28. The normalized spacial score (nSPS) is 18.9. The van der Waals surface area contributed by atoms with Crippen LogP contribution in [0.5, 0.6) is 0 Å². The predicted octanol–water partition coefficient (Wildman–Crippen LogP) is 15.6. The zero-order chi connectivity index (χ0) is 50.1. The van der Waals surface area contributed by atoms with E-state index in [1.54, 1.807) is 14.0 Å². The Morgan fingerprint density at radius 1 is 0.831 bits per heavy atom. The molecular weight excluding hydrogens is 828 g/mol. The molecule has 380 valence electrons. The van der Waals surface area contributed by atoms with Crippen LogP contribution in [0.1, 0.15) is 217 Å². The molecular formula is C57H105O7P. The largest absolute Gasteiger partial charge is 0.481 e. The monoisotopic (exact) mass is 933 g/mol. The van der Waals surface area contributed by atoms with Gasteiger partial charge >= 0.3 is 5.97 Å². The van der Waals surface area contributed by atoms with Gasteiger partial charge in [-0.05, 0) is 138 Å². The third kappa shape index (κ3) is 35.6. The minimum atomic E-state index is -0.800. The fraction of sp³-hybridized carbons (Fsp3) is 0.772. The summed E-state index contributed by atoms with van der Waals surface area (Å²) in [6.07, 6.45) is 37.9. The molecule has 1 fully saturated rings. The average molecular weight is 933 g/mol. The maximum Gasteiger partial charge on any atom is 0.303 e. The van der Waals surface area contributed by atoms with Crippen molar-refractivity contribution in [2.24, 2.45) is 29.6 Å². The van der Waals surface area contributed by atoms with Gasteiger partial charge < -0.3 is 24.9 Å². The van der Waals surface area contributed by atoms with Gasteiger partial charge in [0.25, 0.3) is 0 Å². The molecule has 0 heterocycles. The molecule has 0 aromatic heterocycles. The molecule has 65 heavy (non-hydrogen) atoms. The van der Waals surface area contributed by atoms with Crippen molar-refractivity contribution in [2.75, 3.05) is 19.4 Å². The molecule has 0 saturated heterocycles. The quantitative estimate of drug-likeness (QED) is 0.0254. The topological polar surface area (TPSA) is 121 Å². The van der Waals surface area contributed by atoms with Crippen LogP contribution in [0.2, 0.25) is 0 Å². The number of carboxylic acids is 1. The van der Waals surface area contributed by atoms with Gasteiger partial charge in [0.05, 0.1) is 17.8 Å². The molecule has 0 amide bonds. The number of hydrogen-bond donors (Lipinski definition) is 3. The lowest BCUT2D eigenvalue weighted by Gasteiger charge is -2.36. The lowest BCUT2D eigenvalue weighted by Crippen LogP contribution is -2.38. The number of hydrogen-bond acceptors (Lipinski definition) is 6. The summed E-state index contributed by atoms with van der Waals surface area (Å²) in [5.41, 5.74) is 2.32. The fourth-order valence-electron chi connectivity index (χ4n) is 8.79. The van der Waals surface area contributed by atoms with E-state index in [1.165, 1.54) is 63.4 Å². The molecule has 1 rings (SSSR count). The molecule has 0 radical (unpaired) electrons. The number of rotatable bonds is 34. The summed E-state index contributed by atoms with van der Waals surface area (Å²) in [5, 5.41) is 29.8. The first kappa shape index (κ1) is 67.1. The van der Waals surface area contributed by atoms with Gasteiger partial charge in [-0.1, -0.05) is 163 Å². The van der Waals surface area contributed by atoms with Crippen LogP contribution in [-0.2, 0) is 19.1 Å². The van der Waals surface area contributed by atoms with Crippen LogP contribution >= 0.6 is 8.58 Å². The maximum absolute atomic E-state index is 12.1.